The summed E-state index contributed by atoms with van der Waals surface area (Å²) in [5, 5.41) is 9.30. The van der Waals surface area contributed by atoms with E-state index in [4.69, 9.17) is 16.3 Å². The molecule has 0 aliphatic carbocycles. The van der Waals surface area contributed by atoms with Gasteiger partial charge in [0.2, 0.25) is 16.0 Å². The molecule has 0 spiro atoms. The Bertz CT molecular complexity index is 1360. The first kappa shape index (κ1) is 26.1. The van der Waals surface area contributed by atoms with Gasteiger partial charge in [0.15, 0.2) is 5.75 Å². The molecule has 1 N–H and O–H groups in total. The summed E-state index contributed by atoms with van der Waals surface area (Å²) >= 11 is 6.14. The van der Waals surface area contributed by atoms with Crippen LogP contribution in [0.3, 0.4) is 0 Å². The Kier molecular flexibility index (Phi) is 7.77. The molecular weight excluding hydrogens is 502 g/mol. The maximum absolute atomic E-state index is 12.7. The van der Waals surface area contributed by atoms with Crippen LogP contribution in [-0.2, 0) is 22.0 Å². The number of rotatable bonds is 9. The number of nitriles is 1. The van der Waals surface area contributed by atoms with Crippen molar-refractivity contribution in [3.8, 4) is 17.6 Å². The van der Waals surface area contributed by atoms with E-state index in [-0.39, 0.29) is 28.9 Å². The van der Waals surface area contributed by atoms with Crippen LogP contribution >= 0.6 is 11.6 Å². The molecule has 0 unspecified atom stereocenters. The van der Waals surface area contributed by atoms with Crippen LogP contribution in [0.15, 0.2) is 48.7 Å². The topological polar surface area (TPSA) is 114 Å². The number of alkyl halides is 2. The Balaban J connectivity index is 1.77. The van der Waals surface area contributed by atoms with Crippen LogP contribution in [0.4, 0.5) is 14.7 Å². The number of hydrogen-bond acceptors (Lipinski definition) is 7. The molecule has 184 valence electrons. The molecule has 35 heavy (non-hydrogen) atoms. The number of sulfonamides is 1. The zero-order chi connectivity index (χ0) is 25.8. The Hall–Kier alpha value is -3.49. The van der Waals surface area contributed by atoms with Gasteiger partial charge >= 0.3 is 6.61 Å². The molecule has 0 saturated carbocycles. The molecule has 1 heterocycles. The van der Waals surface area contributed by atoms with Crippen molar-refractivity contribution in [1.29, 1.82) is 5.26 Å². The molecule has 0 radical (unpaired) electrons. The predicted molar refractivity (Wildman–Crippen MR) is 126 cm³/mol. The number of halogens is 3. The van der Waals surface area contributed by atoms with Crippen LogP contribution in [0.25, 0.3) is 0 Å². The number of nitrogens with zero attached hydrogens (tertiary/aromatic N) is 3. The highest BCUT2D eigenvalue weighted by Gasteiger charge is 2.26. The van der Waals surface area contributed by atoms with E-state index < -0.39 is 22.0 Å². The summed E-state index contributed by atoms with van der Waals surface area (Å²) in [6.07, 6.45) is 2.42. The normalized spacial score (nSPS) is 11.7. The van der Waals surface area contributed by atoms with Crippen molar-refractivity contribution in [3.05, 3.63) is 76.1 Å². The van der Waals surface area contributed by atoms with Gasteiger partial charge in [0.25, 0.3) is 0 Å². The van der Waals surface area contributed by atoms with Crippen molar-refractivity contribution in [1.82, 2.24) is 9.97 Å². The van der Waals surface area contributed by atoms with Gasteiger partial charge in [-0.1, -0.05) is 37.6 Å². The van der Waals surface area contributed by atoms with E-state index in [0.717, 1.165) is 11.8 Å². The average Bonchev–Trinajstić information content (AvgIpc) is 2.78. The molecule has 1 aromatic heterocycles. The van der Waals surface area contributed by atoms with Crippen LogP contribution in [0, 0.1) is 11.3 Å². The van der Waals surface area contributed by atoms with E-state index in [9.17, 15) is 22.5 Å². The summed E-state index contributed by atoms with van der Waals surface area (Å²) in [6.45, 7) is 0.785. The molecule has 0 fully saturated rings. The fourth-order valence-electron chi connectivity index (χ4n) is 3.23. The van der Waals surface area contributed by atoms with Crippen LogP contribution in [-0.4, -0.2) is 31.3 Å². The molecular formula is C23H21ClF2N4O4S. The molecule has 0 atom stereocenters. The van der Waals surface area contributed by atoms with Crippen molar-refractivity contribution >= 4 is 27.6 Å². The average molecular weight is 523 g/mol. The molecule has 0 bridgehead atoms. The third-order valence-corrected chi connectivity index (χ3v) is 5.88. The fraction of sp³-hybridized carbons (Fsp3) is 0.261. The zero-order valence-electron chi connectivity index (χ0n) is 18.9. The second-order valence-corrected chi connectivity index (χ2v) is 10.2. The van der Waals surface area contributed by atoms with Crippen molar-refractivity contribution in [3.63, 3.8) is 0 Å². The highest BCUT2D eigenvalue weighted by molar-refractivity contribution is 7.91. The number of benzene rings is 2. The summed E-state index contributed by atoms with van der Waals surface area (Å²) < 4.78 is 60.4. The lowest BCUT2D eigenvalue weighted by Gasteiger charge is -2.27. The van der Waals surface area contributed by atoms with Gasteiger partial charge in [0, 0.05) is 11.6 Å². The quantitative estimate of drug-likeness (QED) is 0.426. The first-order valence-electron chi connectivity index (χ1n) is 10.1. The van der Waals surface area contributed by atoms with E-state index in [2.05, 4.69) is 19.4 Å². The summed E-state index contributed by atoms with van der Waals surface area (Å²) in [5.74, 6) is 0.135. The number of anilines is 1. The number of nitrogens with one attached hydrogen (secondary N) is 1. The molecule has 0 aliphatic heterocycles. The molecule has 0 amide bonds. The first-order valence-corrected chi connectivity index (χ1v) is 12.4. The van der Waals surface area contributed by atoms with E-state index in [1.165, 1.54) is 18.3 Å². The summed E-state index contributed by atoms with van der Waals surface area (Å²) in [4.78, 5) is 7.95. The van der Waals surface area contributed by atoms with Crippen molar-refractivity contribution in [2.24, 2.45) is 0 Å². The van der Waals surface area contributed by atoms with E-state index >= 15 is 0 Å². The highest BCUT2D eigenvalue weighted by Crippen LogP contribution is 2.39. The molecule has 0 aliphatic rings. The van der Waals surface area contributed by atoms with Crippen molar-refractivity contribution < 1.29 is 26.7 Å². The largest absolute Gasteiger partial charge is 0.487 e. The zero-order valence-corrected chi connectivity index (χ0v) is 20.5. The van der Waals surface area contributed by atoms with E-state index in [0.29, 0.717) is 17.0 Å². The van der Waals surface area contributed by atoms with Crippen LogP contribution in [0.2, 0.25) is 5.02 Å². The second kappa shape index (κ2) is 10.4. The minimum atomic E-state index is -3.50. The third-order valence-electron chi connectivity index (χ3n) is 5.05. The maximum Gasteiger partial charge on any atom is 0.387 e. The van der Waals surface area contributed by atoms with Gasteiger partial charge in [-0.15, -0.1) is 0 Å². The standard InChI is InChI=1S/C23H21ClF2N4O4S/c1-23(2,16-10-14(12-27)20(19(24)11-16)34-21(25)26)15-4-6-18(7-5-15)33-13-17-8-9-28-22(29-17)30-35(3,31)32/h4-11,21H,13H2,1-3H3,(H,28,29,30). The van der Waals surface area contributed by atoms with Gasteiger partial charge in [0.05, 0.1) is 22.5 Å². The van der Waals surface area contributed by atoms with Gasteiger partial charge in [-0.05, 0) is 41.5 Å². The predicted octanol–water partition coefficient (Wildman–Crippen LogP) is 4.88. The van der Waals surface area contributed by atoms with Gasteiger partial charge in [-0.25, -0.2) is 18.4 Å². The first-order chi connectivity index (χ1) is 16.4. The van der Waals surface area contributed by atoms with Crippen molar-refractivity contribution in [2.75, 3.05) is 11.0 Å². The van der Waals surface area contributed by atoms with Gasteiger partial charge in [0.1, 0.15) is 18.4 Å². The Morgan fingerprint density at radius 2 is 1.86 bits per heavy atom. The maximum atomic E-state index is 12.7. The lowest BCUT2D eigenvalue weighted by molar-refractivity contribution is -0.0499. The molecule has 8 nitrogen and oxygen atoms in total. The Morgan fingerprint density at radius 1 is 1.17 bits per heavy atom. The summed E-state index contributed by atoms with van der Waals surface area (Å²) in [5.41, 5.74) is 1.25. The number of hydrogen-bond donors (Lipinski definition) is 1. The van der Waals surface area contributed by atoms with Crippen LogP contribution in [0.1, 0.15) is 36.2 Å². The van der Waals surface area contributed by atoms with E-state index in [1.807, 2.05) is 32.0 Å². The minimum absolute atomic E-state index is 0.0499. The Morgan fingerprint density at radius 3 is 2.46 bits per heavy atom. The summed E-state index contributed by atoms with van der Waals surface area (Å²) in [6, 6.07) is 13.6. The smallest absolute Gasteiger partial charge is 0.387 e. The molecule has 3 rings (SSSR count). The molecule has 3 aromatic rings. The lowest BCUT2D eigenvalue weighted by atomic mass is 9.77. The summed E-state index contributed by atoms with van der Waals surface area (Å²) in [7, 11) is -3.50. The van der Waals surface area contributed by atoms with Crippen LogP contribution < -0.4 is 14.2 Å². The number of aromatic nitrogens is 2. The highest BCUT2D eigenvalue weighted by atomic mass is 35.5. The fourth-order valence-corrected chi connectivity index (χ4v) is 3.92. The van der Waals surface area contributed by atoms with Crippen molar-refractivity contribution in [2.45, 2.75) is 32.5 Å². The Labute approximate surface area is 206 Å². The van der Waals surface area contributed by atoms with Gasteiger partial charge in [-0.3, -0.25) is 4.72 Å². The monoisotopic (exact) mass is 522 g/mol. The molecule has 12 heteroatoms. The third kappa shape index (κ3) is 6.77. The number of ether oxygens (including phenoxy) is 2. The second-order valence-electron chi connectivity index (χ2n) is 8.01. The molecule has 2 aromatic carbocycles. The SMILES string of the molecule is CC(C)(c1ccc(OCc2ccnc(NS(C)(=O)=O)n2)cc1)c1cc(Cl)c(OC(F)F)c(C#N)c1. The minimum Gasteiger partial charge on any atom is -0.487 e. The molecule has 0 saturated heterocycles. The van der Waals surface area contributed by atoms with Crippen LogP contribution in [0.5, 0.6) is 11.5 Å². The van der Waals surface area contributed by atoms with Gasteiger partial charge < -0.3 is 9.47 Å². The van der Waals surface area contributed by atoms with Gasteiger partial charge in [-0.2, -0.15) is 14.0 Å². The van der Waals surface area contributed by atoms with E-state index in [1.54, 1.807) is 18.2 Å². The lowest BCUT2D eigenvalue weighted by Crippen LogP contribution is -2.19.